The lowest BCUT2D eigenvalue weighted by molar-refractivity contribution is 0.782. The topological polar surface area (TPSA) is 43.8 Å². The molecular weight excluding hydrogens is 242 g/mol. The molecule has 0 atom stereocenters. The molecule has 94 valence electrons. The van der Waals surface area contributed by atoms with Gasteiger partial charge in [0.15, 0.2) is 0 Å². The molecule has 0 spiro atoms. The van der Waals surface area contributed by atoms with Crippen molar-refractivity contribution in [3.63, 3.8) is 0 Å². The van der Waals surface area contributed by atoms with E-state index in [2.05, 4.69) is 29.4 Å². The Kier molecular flexibility index (Phi) is 3.04. The van der Waals surface area contributed by atoms with Gasteiger partial charge in [-0.15, -0.1) is 11.8 Å². The van der Waals surface area contributed by atoms with Crippen molar-refractivity contribution in [1.29, 1.82) is 0 Å². The van der Waals surface area contributed by atoms with Gasteiger partial charge in [0, 0.05) is 29.3 Å². The van der Waals surface area contributed by atoms with Gasteiger partial charge in [0.2, 0.25) is 0 Å². The van der Waals surface area contributed by atoms with Gasteiger partial charge >= 0.3 is 0 Å². The van der Waals surface area contributed by atoms with Crippen LogP contribution < -0.4 is 5.73 Å². The monoisotopic (exact) mass is 259 g/mol. The summed E-state index contributed by atoms with van der Waals surface area (Å²) < 4.78 is 1.70. The summed E-state index contributed by atoms with van der Waals surface area (Å²) in [5, 5.41) is 4.38. The Morgan fingerprint density at radius 1 is 1.33 bits per heavy atom. The van der Waals surface area contributed by atoms with Gasteiger partial charge in [0.1, 0.15) is 5.82 Å². The lowest BCUT2D eigenvalue weighted by Crippen LogP contribution is -1.96. The van der Waals surface area contributed by atoms with Crippen molar-refractivity contribution in [2.24, 2.45) is 13.0 Å². The minimum Gasteiger partial charge on any atom is -0.384 e. The van der Waals surface area contributed by atoms with E-state index in [0.29, 0.717) is 5.82 Å². The molecule has 3 rings (SSSR count). The average Bonchev–Trinajstić information content (AvgIpc) is 3.14. The number of benzene rings is 1. The molecule has 1 aliphatic rings. The highest BCUT2D eigenvalue weighted by Gasteiger charge is 2.20. The molecule has 0 saturated heterocycles. The van der Waals surface area contributed by atoms with Crippen LogP contribution in [-0.2, 0) is 7.05 Å². The minimum absolute atomic E-state index is 0.692. The molecule has 1 heterocycles. The Hall–Kier alpha value is -1.42. The van der Waals surface area contributed by atoms with Gasteiger partial charge in [-0.25, -0.2) is 0 Å². The number of hydrogen-bond acceptors (Lipinski definition) is 3. The fourth-order valence-corrected chi connectivity index (χ4v) is 2.93. The van der Waals surface area contributed by atoms with Crippen LogP contribution in [0.3, 0.4) is 0 Å². The van der Waals surface area contributed by atoms with E-state index in [9.17, 15) is 0 Å². The first kappa shape index (κ1) is 11.7. The molecule has 2 N–H and O–H groups in total. The number of thioether (sulfide) groups is 1. The summed E-state index contributed by atoms with van der Waals surface area (Å²) in [6, 6.07) is 10.5. The zero-order valence-corrected chi connectivity index (χ0v) is 11.3. The summed E-state index contributed by atoms with van der Waals surface area (Å²) in [7, 11) is 1.86. The normalized spacial score (nSPS) is 14.9. The number of aromatic nitrogens is 2. The van der Waals surface area contributed by atoms with Crippen molar-refractivity contribution in [3.05, 3.63) is 30.3 Å². The van der Waals surface area contributed by atoms with E-state index in [0.717, 1.165) is 17.2 Å². The minimum atomic E-state index is 0.692. The SMILES string of the molecule is Cn1nc(-c2ccc(SCC3CC3)cc2)cc1N. The molecule has 0 amide bonds. The van der Waals surface area contributed by atoms with Crippen molar-refractivity contribution in [2.75, 3.05) is 11.5 Å². The zero-order chi connectivity index (χ0) is 12.5. The fraction of sp³-hybridized carbons (Fsp3) is 0.357. The second kappa shape index (κ2) is 4.69. The fourth-order valence-electron chi connectivity index (χ4n) is 1.84. The van der Waals surface area contributed by atoms with Gasteiger partial charge in [-0.1, -0.05) is 12.1 Å². The van der Waals surface area contributed by atoms with Gasteiger partial charge in [-0.2, -0.15) is 5.10 Å². The summed E-state index contributed by atoms with van der Waals surface area (Å²) in [5.74, 6) is 2.91. The Labute approximate surface area is 111 Å². The van der Waals surface area contributed by atoms with Crippen LogP contribution in [0.5, 0.6) is 0 Å². The van der Waals surface area contributed by atoms with E-state index in [4.69, 9.17) is 5.73 Å². The maximum atomic E-state index is 5.79. The second-order valence-corrected chi connectivity index (χ2v) is 5.95. The van der Waals surface area contributed by atoms with Crippen LogP contribution in [-0.4, -0.2) is 15.5 Å². The lowest BCUT2D eigenvalue weighted by atomic mass is 10.1. The van der Waals surface area contributed by atoms with E-state index in [1.807, 2.05) is 24.9 Å². The van der Waals surface area contributed by atoms with Gasteiger partial charge in [-0.05, 0) is 30.9 Å². The summed E-state index contributed by atoms with van der Waals surface area (Å²) in [6.45, 7) is 0. The van der Waals surface area contributed by atoms with E-state index in [1.54, 1.807) is 4.68 Å². The van der Waals surface area contributed by atoms with Gasteiger partial charge in [0.25, 0.3) is 0 Å². The van der Waals surface area contributed by atoms with Crippen molar-refractivity contribution >= 4 is 17.6 Å². The van der Waals surface area contributed by atoms with E-state index in [-0.39, 0.29) is 0 Å². The molecule has 0 radical (unpaired) electrons. The highest BCUT2D eigenvalue weighted by Crippen LogP contribution is 2.35. The van der Waals surface area contributed by atoms with Crippen LogP contribution >= 0.6 is 11.8 Å². The van der Waals surface area contributed by atoms with E-state index in [1.165, 1.54) is 23.5 Å². The molecule has 3 nitrogen and oxygen atoms in total. The van der Waals surface area contributed by atoms with Gasteiger partial charge < -0.3 is 5.73 Å². The molecule has 0 aliphatic heterocycles. The number of nitrogen functional groups attached to an aromatic ring is 1. The molecular formula is C14H17N3S. The molecule has 1 aromatic carbocycles. The number of aryl methyl sites for hydroxylation is 1. The highest BCUT2D eigenvalue weighted by atomic mass is 32.2. The van der Waals surface area contributed by atoms with E-state index < -0.39 is 0 Å². The molecule has 1 aliphatic carbocycles. The second-order valence-electron chi connectivity index (χ2n) is 4.86. The molecule has 1 fully saturated rings. The standard InChI is InChI=1S/C14H17N3S/c1-17-14(15)8-13(16-17)11-4-6-12(7-5-11)18-9-10-2-3-10/h4-8,10H,2-3,9,15H2,1H3. The Morgan fingerprint density at radius 2 is 2.06 bits per heavy atom. The third kappa shape index (κ3) is 2.53. The van der Waals surface area contributed by atoms with Crippen LogP contribution in [0, 0.1) is 5.92 Å². The van der Waals surface area contributed by atoms with Crippen molar-refractivity contribution in [1.82, 2.24) is 9.78 Å². The number of nitrogens with zero attached hydrogens (tertiary/aromatic N) is 2. The van der Waals surface area contributed by atoms with Crippen LogP contribution in [0.4, 0.5) is 5.82 Å². The number of hydrogen-bond donors (Lipinski definition) is 1. The third-order valence-corrected chi connectivity index (χ3v) is 4.49. The third-order valence-electron chi connectivity index (χ3n) is 3.25. The molecule has 0 bridgehead atoms. The Bertz CT molecular complexity index is 521. The number of nitrogens with two attached hydrogens (primary N) is 1. The lowest BCUT2D eigenvalue weighted by Gasteiger charge is -2.01. The predicted octanol–water partition coefficient (Wildman–Crippen LogP) is 3.17. The Morgan fingerprint density at radius 3 is 2.61 bits per heavy atom. The van der Waals surface area contributed by atoms with Crippen LogP contribution in [0.2, 0.25) is 0 Å². The highest BCUT2D eigenvalue weighted by molar-refractivity contribution is 7.99. The molecule has 4 heteroatoms. The van der Waals surface area contributed by atoms with Crippen molar-refractivity contribution < 1.29 is 0 Å². The van der Waals surface area contributed by atoms with Crippen LogP contribution in [0.25, 0.3) is 11.3 Å². The molecule has 1 saturated carbocycles. The van der Waals surface area contributed by atoms with Crippen LogP contribution in [0.1, 0.15) is 12.8 Å². The molecule has 1 aromatic heterocycles. The Balaban J connectivity index is 1.73. The summed E-state index contributed by atoms with van der Waals surface area (Å²) in [5.41, 5.74) is 7.85. The van der Waals surface area contributed by atoms with Crippen molar-refractivity contribution in [3.8, 4) is 11.3 Å². The summed E-state index contributed by atoms with van der Waals surface area (Å²) in [6.07, 6.45) is 2.83. The zero-order valence-electron chi connectivity index (χ0n) is 10.5. The largest absolute Gasteiger partial charge is 0.384 e. The maximum Gasteiger partial charge on any atom is 0.121 e. The van der Waals surface area contributed by atoms with E-state index >= 15 is 0 Å². The van der Waals surface area contributed by atoms with Crippen LogP contribution in [0.15, 0.2) is 35.2 Å². The van der Waals surface area contributed by atoms with Gasteiger partial charge in [-0.3, -0.25) is 4.68 Å². The first-order valence-electron chi connectivity index (χ1n) is 6.25. The molecule has 2 aromatic rings. The first-order chi connectivity index (χ1) is 8.72. The number of anilines is 1. The summed E-state index contributed by atoms with van der Waals surface area (Å²) >= 11 is 1.95. The molecule has 0 unspecified atom stereocenters. The quantitative estimate of drug-likeness (QED) is 0.858. The first-order valence-corrected chi connectivity index (χ1v) is 7.23. The smallest absolute Gasteiger partial charge is 0.121 e. The molecule has 18 heavy (non-hydrogen) atoms. The summed E-state index contributed by atoms with van der Waals surface area (Å²) in [4.78, 5) is 1.34. The average molecular weight is 259 g/mol. The van der Waals surface area contributed by atoms with Gasteiger partial charge in [0.05, 0.1) is 5.69 Å². The van der Waals surface area contributed by atoms with Crippen molar-refractivity contribution in [2.45, 2.75) is 17.7 Å². The predicted molar refractivity (Wildman–Crippen MR) is 76.5 cm³/mol. The number of rotatable bonds is 4. The maximum absolute atomic E-state index is 5.79.